The first-order valence-electron chi connectivity index (χ1n) is 4.66. The van der Waals surface area contributed by atoms with E-state index in [1.54, 1.807) is 7.11 Å². The van der Waals surface area contributed by atoms with Crippen LogP contribution in [0.5, 0.6) is 0 Å². The normalized spacial score (nSPS) is 11.6. The summed E-state index contributed by atoms with van der Waals surface area (Å²) in [6.45, 7) is 0.810. The van der Waals surface area contributed by atoms with Gasteiger partial charge in [0.05, 0.1) is 5.02 Å². The van der Waals surface area contributed by atoms with Crippen molar-refractivity contribution < 1.29 is 13.2 Å². The van der Waals surface area contributed by atoms with Crippen LogP contribution in [-0.2, 0) is 14.8 Å². The summed E-state index contributed by atoms with van der Waals surface area (Å²) in [5.74, 6) is 0. The van der Waals surface area contributed by atoms with Gasteiger partial charge < -0.3 is 4.74 Å². The van der Waals surface area contributed by atoms with Crippen molar-refractivity contribution in [1.82, 2.24) is 9.71 Å². The number of nitrogens with one attached hydrogen (secondary N) is 1. The molecule has 0 aliphatic rings. The van der Waals surface area contributed by atoms with Crippen LogP contribution in [0, 0.1) is 0 Å². The van der Waals surface area contributed by atoms with Gasteiger partial charge in [-0.2, -0.15) is 0 Å². The van der Waals surface area contributed by atoms with Gasteiger partial charge in [-0.05, 0) is 12.5 Å². The van der Waals surface area contributed by atoms with Gasteiger partial charge in [-0.15, -0.1) is 0 Å². The van der Waals surface area contributed by atoms with E-state index in [0.717, 1.165) is 0 Å². The molecule has 1 aromatic rings. The standard InChI is InChI=1S/C9H13ClN2O3S/c1-15-6-2-4-12-16(13,14)9-7-11-5-3-8(9)10/h3,5,7,12H,2,4,6H2,1H3. The monoisotopic (exact) mass is 264 g/mol. The number of hydrogen-bond acceptors (Lipinski definition) is 4. The maximum absolute atomic E-state index is 11.7. The number of nitrogens with zero attached hydrogens (tertiary/aromatic N) is 1. The molecule has 1 rings (SSSR count). The average molecular weight is 265 g/mol. The summed E-state index contributed by atoms with van der Waals surface area (Å²) in [4.78, 5) is 3.72. The predicted octanol–water partition coefficient (Wildman–Crippen LogP) is 1.05. The van der Waals surface area contributed by atoms with E-state index in [9.17, 15) is 8.42 Å². The predicted molar refractivity (Wildman–Crippen MR) is 60.9 cm³/mol. The molecule has 0 atom stereocenters. The highest BCUT2D eigenvalue weighted by Crippen LogP contribution is 2.18. The van der Waals surface area contributed by atoms with E-state index in [0.29, 0.717) is 19.6 Å². The first-order valence-corrected chi connectivity index (χ1v) is 6.52. The molecular formula is C9H13ClN2O3S. The van der Waals surface area contributed by atoms with Gasteiger partial charge in [-0.1, -0.05) is 11.6 Å². The van der Waals surface area contributed by atoms with Crippen molar-refractivity contribution in [3.8, 4) is 0 Å². The zero-order chi connectivity index (χ0) is 12.0. The Bertz CT molecular complexity index is 436. The molecule has 0 saturated heterocycles. The number of rotatable bonds is 6. The molecule has 1 aromatic heterocycles. The molecule has 1 N–H and O–H groups in total. The third-order valence-electron chi connectivity index (χ3n) is 1.84. The van der Waals surface area contributed by atoms with Crippen LogP contribution in [0.25, 0.3) is 0 Å². The van der Waals surface area contributed by atoms with Crippen LogP contribution in [0.2, 0.25) is 5.02 Å². The third-order valence-corrected chi connectivity index (χ3v) is 3.77. The Morgan fingerprint density at radius 1 is 1.56 bits per heavy atom. The molecule has 0 aliphatic carbocycles. The van der Waals surface area contributed by atoms with Crippen LogP contribution < -0.4 is 4.72 Å². The number of methoxy groups -OCH3 is 1. The highest BCUT2D eigenvalue weighted by Gasteiger charge is 2.16. The minimum atomic E-state index is -3.57. The van der Waals surface area contributed by atoms with Gasteiger partial charge >= 0.3 is 0 Å². The third kappa shape index (κ3) is 3.71. The zero-order valence-electron chi connectivity index (χ0n) is 8.81. The molecule has 90 valence electrons. The Morgan fingerprint density at radius 2 is 2.31 bits per heavy atom. The fourth-order valence-corrected chi connectivity index (χ4v) is 2.56. The Balaban J connectivity index is 2.68. The van der Waals surface area contributed by atoms with Crippen molar-refractivity contribution in [3.63, 3.8) is 0 Å². The van der Waals surface area contributed by atoms with Gasteiger partial charge in [-0.3, -0.25) is 4.98 Å². The van der Waals surface area contributed by atoms with Crippen molar-refractivity contribution in [2.75, 3.05) is 20.3 Å². The molecule has 0 unspecified atom stereocenters. The molecule has 0 spiro atoms. The highest BCUT2D eigenvalue weighted by molar-refractivity contribution is 7.89. The summed E-state index contributed by atoms with van der Waals surface area (Å²) in [6.07, 6.45) is 3.26. The molecule has 0 amide bonds. The molecule has 0 saturated carbocycles. The molecule has 7 heteroatoms. The van der Waals surface area contributed by atoms with E-state index >= 15 is 0 Å². The van der Waals surface area contributed by atoms with Gasteiger partial charge in [0.25, 0.3) is 0 Å². The van der Waals surface area contributed by atoms with E-state index in [4.69, 9.17) is 16.3 Å². The number of sulfonamides is 1. The maximum Gasteiger partial charge on any atom is 0.243 e. The number of aromatic nitrogens is 1. The quantitative estimate of drug-likeness (QED) is 0.780. The number of hydrogen-bond donors (Lipinski definition) is 1. The van der Waals surface area contributed by atoms with Gasteiger partial charge in [0.15, 0.2) is 0 Å². The van der Waals surface area contributed by atoms with E-state index in [-0.39, 0.29) is 9.92 Å². The molecule has 0 bridgehead atoms. The summed E-state index contributed by atoms with van der Waals surface area (Å²) < 4.78 is 30.7. The highest BCUT2D eigenvalue weighted by atomic mass is 35.5. The summed E-state index contributed by atoms with van der Waals surface area (Å²) in [6, 6.07) is 1.44. The van der Waals surface area contributed by atoms with Crippen LogP contribution in [0.1, 0.15) is 6.42 Å². The first kappa shape index (κ1) is 13.4. The number of halogens is 1. The average Bonchev–Trinajstić information content (AvgIpc) is 2.25. The second kappa shape index (κ2) is 6.15. The lowest BCUT2D eigenvalue weighted by molar-refractivity contribution is 0.196. The summed E-state index contributed by atoms with van der Waals surface area (Å²) >= 11 is 5.76. The SMILES string of the molecule is COCCCNS(=O)(=O)c1cnccc1Cl. The van der Waals surface area contributed by atoms with Crippen LogP contribution in [0.3, 0.4) is 0 Å². The lowest BCUT2D eigenvalue weighted by atomic mass is 10.5. The Hall–Kier alpha value is -0.690. The Kier molecular flexibility index (Phi) is 5.14. The fourth-order valence-electron chi connectivity index (χ4n) is 1.06. The molecule has 5 nitrogen and oxygen atoms in total. The largest absolute Gasteiger partial charge is 0.385 e. The second-order valence-electron chi connectivity index (χ2n) is 3.05. The smallest absolute Gasteiger partial charge is 0.243 e. The van der Waals surface area contributed by atoms with Crippen LogP contribution >= 0.6 is 11.6 Å². The van der Waals surface area contributed by atoms with E-state index in [1.807, 2.05) is 0 Å². The lowest BCUT2D eigenvalue weighted by Gasteiger charge is -2.07. The van der Waals surface area contributed by atoms with Crippen molar-refractivity contribution in [2.45, 2.75) is 11.3 Å². The zero-order valence-corrected chi connectivity index (χ0v) is 10.4. The van der Waals surface area contributed by atoms with Crippen LogP contribution in [-0.4, -0.2) is 33.7 Å². The van der Waals surface area contributed by atoms with Crippen molar-refractivity contribution in [3.05, 3.63) is 23.5 Å². The summed E-state index contributed by atoms with van der Waals surface area (Å²) in [7, 11) is -2.01. The van der Waals surface area contributed by atoms with E-state index in [1.165, 1.54) is 18.5 Å². The molecule has 0 aliphatic heterocycles. The Labute approximate surface area is 99.8 Å². The maximum atomic E-state index is 11.7. The number of pyridine rings is 1. The lowest BCUT2D eigenvalue weighted by Crippen LogP contribution is -2.25. The molecular weight excluding hydrogens is 252 g/mol. The topological polar surface area (TPSA) is 68.3 Å². The van der Waals surface area contributed by atoms with Gasteiger partial charge in [0.2, 0.25) is 10.0 Å². The van der Waals surface area contributed by atoms with E-state index < -0.39 is 10.0 Å². The molecule has 0 aromatic carbocycles. The van der Waals surface area contributed by atoms with Crippen molar-refractivity contribution in [1.29, 1.82) is 0 Å². The van der Waals surface area contributed by atoms with Gasteiger partial charge in [-0.25, -0.2) is 13.1 Å². The van der Waals surface area contributed by atoms with E-state index in [2.05, 4.69) is 9.71 Å². The van der Waals surface area contributed by atoms with Crippen LogP contribution in [0.15, 0.2) is 23.4 Å². The minimum Gasteiger partial charge on any atom is -0.385 e. The number of ether oxygens (including phenoxy) is 1. The first-order chi connectivity index (χ1) is 7.58. The molecule has 1 heterocycles. The minimum absolute atomic E-state index is 0.00548. The van der Waals surface area contributed by atoms with Crippen LogP contribution in [0.4, 0.5) is 0 Å². The summed E-state index contributed by atoms with van der Waals surface area (Å²) in [5, 5.41) is 0.161. The van der Waals surface area contributed by atoms with Crippen molar-refractivity contribution >= 4 is 21.6 Å². The summed E-state index contributed by atoms with van der Waals surface area (Å²) in [5.41, 5.74) is 0. The van der Waals surface area contributed by atoms with Gasteiger partial charge in [0, 0.05) is 32.7 Å². The molecule has 16 heavy (non-hydrogen) atoms. The molecule has 0 fully saturated rings. The van der Waals surface area contributed by atoms with Crippen molar-refractivity contribution in [2.24, 2.45) is 0 Å². The second-order valence-corrected chi connectivity index (χ2v) is 5.19. The Morgan fingerprint density at radius 3 is 2.94 bits per heavy atom. The van der Waals surface area contributed by atoms with Gasteiger partial charge in [0.1, 0.15) is 4.90 Å². The molecule has 0 radical (unpaired) electrons. The fraction of sp³-hybridized carbons (Fsp3) is 0.444.